The third-order valence-corrected chi connectivity index (χ3v) is 8.99. The highest BCUT2D eigenvalue weighted by molar-refractivity contribution is 7.26. The molecule has 0 bridgehead atoms. The zero-order chi connectivity index (χ0) is 26.8. The van der Waals surface area contributed by atoms with Crippen molar-refractivity contribution in [2.24, 2.45) is 0 Å². The number of nitrogens with zero attached hydrogens (tertiary/aromatic N) is 3. The van der Waals surface area contributed by atoms with Gasteiger partial charge in [-0.25, -0.2) is 9.97 Å². The Hall–Kier alpha value is -4.80. The fourth-order valence-electron chi connectivity index (χ4n) is 6.12. The second-order valence-corrected chi connectivity index (χ2v) is 11.3. The Balaban J connectivity index is 1.61. The van der Waals surface area contributed by atoms with Crippen LogP contribution in [0.4, 0.5) is 0 Å². The maximum Gasteiger partial charge on any atom is 0.114 e. The SMILES string of the molecule is C/C=C(/c1nc2ccccc2nc1-c1ccccc1)n1c2ccccc2c2cccc3sc4ccc(C)c1c4c32. The quantitative estimate of drug-likeness (QED) is 0.227. The number of thiophene rings is 1. The number of hydrogen-bond donors (Lipinski definition) is 0. The molecule has 0 aliphatic rings. The van der Waals surface area contributed by atoms with Crippen LogP contribution in [0, 0.1) is 6.92 Å². The Kier molecular flexibility index (Phi) is 5.13. The van der Waals surface area contributed by atoms with Gasteiger partial charge >= 0.3 is 0 Å². The Morgan fingerprint density at radius 3 is 2.20 bits per heavy atom. The molecule has 0 spiro atoms. The van der Waals surface area contributed by atoms with E-state index >= 15 is 0 Å². The second kappa shape index (κ2) is 8.87. The lowest BCUT2D eigenvalue weighted by molar-refractivity contribution is 1.14. The number of aryl methyl sites for hydroxylation is 1. The molecule has 0 amide bonds. The molecule has 0 saturated carbocycles. The van der Waals surface area contributed by atoms with E-state index in [1.807, 2.05) is 35.6 Å². The summed E-state index contributed by atoms with van der Waals surface area (Å²) < 4.78 is 5.04. The van der Waals surface area contributed by atoms with Gasteiger partial charge in [-0.3, -0.25) is 0 Å². The molecule has 0 radical (unpaired) electrons. The average molecular weight is 532 g/mol. The average Bonchev–Trinajstić information content (AvgIpc) is 3.33. The van der Waals surface area contributed by atoms with Gasteiger partial charge in [-0.1, -0.05) is 84.9 Å². The Morgan fingerprint density at radius 1 is 0.675 bits per heavy atom. The standard InChI is InChI=1S/C36H25N3S/c1-3-28(35-34(23-12-5-4-6-13-23)37-26-16-8-9-17-27(26)38-35)39-29-18-10-7-14-24(29)25-15-11-19-30-32(25)33-31(40-30)21-20-22(2)36(33)39/h3-21H,1-2H3/b28-3-. The van der Waals surface area contributed by atoms with Crippen molar-refractivity contribution >= 4 is 70.0 Å². The van der Waals surface area contributed by atoms with Gasteiger partial charge in [0, 0.05) is 31.1 Å². The number of rotatable bonds is 3. The van der Waals surface area contributed by atoms with Crippen molar-refractivity contribution in [3.63, 3.8) is 0 Å². The van der Waals surface area contributed by atoms with E-state index < -0.39 is 0 Å². The van der Waals surface area contributed by atoms with Crippen LogP contribution in [0.15, 0.2) is 115 Å². The lowest BCUT2D eigenvalue weighted by Crippen LogP contribution is -2.07. The highest BCUT2D eigenvalue weighted by Gasteiger charge is 2.22. The van der Waals surface area contributed by atoms with Crippen LogP contribution in [0.2, 0.25) is 0 Å². The second-order valence-electron chi connectivity index (χ2n) is 10.2. The number of benzene rings is 5. The zero-order valence-corrected chi connectivity index (χ0v) is 23.0. The van der Waals surface area contributed by atoms with Crippen molar-refractivity contribution in [2.45, 2.75) is 13.8 Å². The molecule has 0 saturated heterocycles. The van der Waals surface area contributed by atoms with Crippen molar-refractivity contribution in [3.8, 4) is 11.3 Å². The van der Waals surface area contributed by atoms with E-state index in [1.165, 1.54) is 42.0 Å². The fraction of sp³-hybridized carbons (Fsp3) is 0.0556. The minimum absolute atomic E-state index is 0.871. The first-order valence-corrected chi connectivity index (χ1v) is 14.4. The molecule has 3 nitrogen and oxygen atoms in total. The Bertz CT molecular complexity index is 2290. The highest BCUT2D eigenvalue weighted by Crippen LogP contribution is 2.45. The smallest absolute Gasteiger partial charge is 0.114 e. The summed E-state index contributed by atoms with van der Waals surface area (Å²) in [4.78, 5) is 10.5. The van der Waals surface area contributed by atoms with Crippen LogP contribution >= 0.6 is 11.3 Å². The highest BCUT2D eigenvalue weighted by atomic mass is 32.1. The molecular formula is C36H25N3S. The van der Waals surface area contributed by atoms with E-state index in [2.05, 4.69) is 109 Å². The molecule has 0 atom stereocenters. The van der Waals surface area contributed by atoms with Gasteiger partial charge in [-0.15, -0.1) is 11.3 Å². The maximum atomic E-state index is 5.31. The van der Waals surface area contributed by atoms with Crippen LogP contribution < -0.4 is 0 Å². The van der Waals surface area contributed by atoms with E-state index in [-0.39, 0.29) is 0 Å². The molecule has 5 aromatic carbocycles. The summed E-state index contributed by atoms with van der Waals surface area (Å²) in [6.07, 6.45) is 2.19. The third kappa shape index (κ3) is 3.30. The fourth-order valence-corrected chi connectivity index (χ4v) is 7.26. The Morgan fingerprint density at radius 2 is 1.38 bits per heavy atom. The summed E-state index contributed by atoms with van der Waals surface area (Å²) in [5.41, 5.74) is 9.19. The molecule has 40 heavy (non-hydrogen) atoms. The summed E-state index contributed by atoms with van der Waals surface area (Å²) >= 11 is 1.87. The summed E-state index contributed by atoms with van der Waals surface area (Å²) in [6, 6.07) is 38.6. The van der Waals surface area contributed by atoms with Crippen LogP contribution in [0.25, 0.3) is 70.0 Å². The first-order chi connectivity index (χ1) is 19.7. The predicted molar refractivity (Wildman–Crippen MR) is 171 cm³/mol. The van der Waals surface area contributed by atoms with Gasteiger partial charge in [0.05, 0.1) is 33.5 Å². The third-order valence-electron chi connectivity index (χ3n) is 7.87. The number of fused-ring (bicyclic) bond motifs is 3. The molecule has 190 valence electrons. The van der Waals surface area contributed by atoms with Gasteiger partial charge in [-0.05, 0) is 55.1 Å². The van der Waals surface area contributed by atoms with Gasteiger partial charge in [0.15, 0.2) is 0 Å². The molecule has 0 N–H and O–H groups in total. The minimum Gasteiger partial charge on any atom is -0.307 e. The normalized spacial score (nSPS) is 12.4. The lowest BCUT2D eigenvalue weighted by atomic mass is 10.0. The summed E-state index contributed by atoms with van der Waals surface area (Å²) in [5, 5.41) is 5.13. The molecular weight excluding hydrogens is 506 g/mol. The summed E-state index contributed by atoms with van der Waals surface area (Å²) in [5.74, 6) is 0. The Labute approximate surface area is 235 Å². The van der Waals surface area contributed by atoms with Gasteiger partial charge in [0.1, 0.15) is 5.69 Å². The monoisotopic (exact) mass is 531 g/mol. The molecule has 3 heterocycles. The molecule has 3 aromatic heterocycles. The first-order valence-electron chi connectivity index (χ1n) is 13.6. The number of hydrogen-bond acceptors (Lipinski definition) is 3. The van der Waals surface area contributed by atoms with Crippen LogP contribution in [-0.4, -0.2) is 14.5 Å². The number of para-hydroxylation sites is 3. The van der Waals surface area contributed by atoms with E-state index in [9.17, 15) is 0 Å². The molecule has 0 aliphatic heterocycles. The molecule has 0 aliphatic carbocycles. The van der Waals surface area contributed by atoms with Gasteiger partial charge in [0.2, 0.25) is 0 Å². The first kappa shape index (κ1) is 23.1. The van der Waals surface area contributed by atoms with E-state index in [0.29, 0.717) is 0 Å². The van der Waals surface area contributed by atoms with Crippen molar-refractivity contribution < 1.29 is 0 Å². The topological polar surface area (TPSA) is 30.7 Å². The van der Waals surface area contributed by atoms with Crippen molar-refractivity contribution in [1.82, 2.24) is 14.5 Å². The summed E-state index contributed by atoms with van der Waals surface area (Å²) in [6.45, 7) is 4.33. The van der Waals surface area contributed by atoms with Crippen LogP contribution in [0.5, 0.6) is 0 Å². The van der Waals surface area contributed by atoms with E-state index in [1.54, 1.807) is 0 Å². The zero-order valence-electron chi connectivity index (χ0n) is 22.2. The molecule has 8 rings (SSSR count). The number of aromatic nitrogens is 3. The minimum atomic E-state index is 0.871. The molecule has 8 aromatic rings. The van der Waals surface area contributed by atoms with E-state index in [4.69, 9.17) is 9.97 Å². The molecule has 4 heteroatoms. The lowest BCUT2D eigenvalue weighted by Gasteiger charge is -2.19. The largest absolute Gasteiger partial charge is 0.307 e. The predicted octanol–water partition coefficient (Wildman–Crippen LogP) is 9.99. The van der Waals surface area contributed by atoms with Crippen molar-refractivity contribution in [2.75, 3.05) is 0 Å². The van der Waals surface area contributed by atoms with Crippen molar-refractivity contribution in [1.29, 1.82) is 0 Å². The summed E-state index contributed by atoms with van der Waals surface area (Å²) in [7, 11) is 0. The van der Waals surface area contributed by atoms with Gasteiger partial charge < -0.3 is 4.57 Å². The van der Waals surface area contributed by atoms with E-state index in [0.717, 1.165) is 39.2 Å². The van der Waals surface area contributed by atoms with Gasteiger partial charge in [-0.2, -0.15) is 0 Å². The van der Waals surface area contributed by atoms with Crippen molar-refractivity contribution in [3.05, 3.63) is 127 Å². The van der Waals surface area contributed by atoms with Crippen LogP contribution in [0.3, 0.4) is 0 Å². The maximum absolute atomic E-state index is 5.31. The van der Waals surface area contributed by atoms with Gasteiger partial charge in [0.25, 0.3) is 0 Å². The molecule has 0 unspecified atom stereocenters. The molecule has 0 fully saturated rings. The van der Waals surface area contributed by atoms with Crippen LogP contribution in [0.1, 0.15) is 18.2 Å². The number of allylic oxidation sites excluding steroid dienone is 1. The van der Waals surface area contributed by atoms with Crippen LogP contribution in [-0.2, 0) is 0 Å².